The van der Waals surface area contributed by atoms with E-state index >= 15 is 0 Å². The predicted molar refractivity (Wildman–Crippen MR) is 132 cm³/mol. The van der Waals surface area contributed by atoms with Crippen molar-refractivity contribution in [2.45, 2.75) is 117 Å². The van der Waals surface area contributed by atoms with E-state index in [0.717, 1.165) is 31.0 Å². The topological polar surface area (TPSA) is 40.5 Å². The van der Waals surface area contributed by atoms with Gasteiger partial charge in [-0.05, 0) is 0 Å². The fourth-order valence-electron chi connectivity index (χ4n) is 4.30. The van der Waals surface area contributed by atoms with Gasteiger partial charge < -0.3 is 0 Å². The van der Waals surface area contributed by atoms with Crippen molar-refractivity contribution in [2.75, 3.05) is 12.3 Å². The van der Waals surface area contributed by atoms with E-state index in [2.05, 4.69) is 13.8 Å². The summed E-state index contributed by atoms with van der Waals surface area (Å²) in [5.74, 6) is 0. The summed E-state index contributed by atoms with van der Waals surface area (Å²) in [6.45, 7) is 4.50. The Balaban J connectivity index is 2.43. The van der Waals surface area contributed by atoms with Gasteiger partial charge in [0.2, 0.25) is 0 Å². The van der Waals surface area contributed by atoms with Crippen LogP contribution in [0.15, 0.2) is 30.3 Å². The maximum atomic E-state index is 11.6. The second-order valence-electron chi connectivity index (χ2n) is 9.13. The number of unbranched alkanes of at least 4 members (excludes halogenated alkanes) is 14. The van der Waals surface area contributed by atoms with E-state index in [-0.39, 0.29) is 0 Å². The zero-order valence-corrected chi connectivity index (χ0v) is 20.4. The van der Waals surface area contributed by atoms with Crippen molar-refractivity contribution in [1.82, 2.24) is 0 Å². The van der Waals surface area contributed by atoms with Gasteiger partial charge in [-0.25, -0.2) is 0 Å². The molecule has 3 heteroatoms. The average Bonchev–Trinajstić information content (AvgIpc) is 2.73. The molecule has 29 heavy (non-hydrogen) atoms. The molecule has 1 rings (SSSR count). The Hall–Kier alpha value is -0.430. The second kappa shape index (κ2) is 15.4. The first-order valence-electron chi connectivity index (χ1n) is 12.6. The number of hydrogen-bond donors (Lipinski definition) is 2. The Labute approximate surface area is 181 Å². The Morgan fingerprint density at radius 2 is 0.862 bits per heavy atom. The molecular formula is C26H49O2P. The van der Waals surface area contributed by atoms with E-state index in [1.807, 2.05) is 30.3 Å². The molecule has 0 spiro atoms. The molecule has 0 aromatic heterocycles. The van der Waals surface area contributed by atoms with Crippen LogP contribution in [-0.4, -0.2) is 22.1 Å². The summed E-state index contributed by atoms with van der Waals surface area (Å²) in [7, 11) is -3.78. The van der Waals surface area contributed by atoms with Crippen LogP contribution in [0.5, 0.6) is 0 Å². The van der Waals surface area contributed by atoms with Crippen molar-refractivity contribution < 1.29 is 9.79 Å². The van der Waals surface area contributed by atoms with E-state index in [1.165, 1.54) is 77.0 Å². The zero-order valence-electron chi connectivity index (χ0n) is 19.5. The molecular weight excluding hydrogens is 375 g/mol. The molecule has 0 radical (unpaired) electrons. The molecule has 0 aliphatic heterocycles. The molecule has 0 amide bonds. The molecule has 1 aromatic carbocycles. The van der Waals surface area contributed by atoms with Crippen molar-refractivity contribution >= 4 is 12.4 Å². The van der Waals surface area contributed by atoms with Gasteiger partial charge >= 0.3 is 181 Å². The van der Waals surface area contributed by atoms with Gasteiger partial charge in [-0.2, -0.15) is 0 Å². The molecule has 0 saturated carbocycles. The molecule has 0 aliphatic rings. The van der Waals surface area contributed by atoms with Gasteiger partial charge in [0.25, 0.3) is 0 Å². The van der Waals surface area contributed by atoms with Crippen LogP contribution in [0.1, 0.15) is 117 Å². The molecule has 0 aliphatic carbocycles. The predicted octanol–water partition coefficient (Wildman–Crippen LogP) is 7.96. The maximum absolute atomic E-state index is 11.6. The average molecular weight is 425 g/mol. The van der Waals surface area contributed by atoms with E-state index < -0.39 is 7.06 Å². The van der Waals surface area contributed by atoms with Crippen molar-refractivity contribution in [1.29, 1.82) is 0 Å². The third kappa shape index (κ3) is 11.5. The first-order valence-corrected chi connectivity index (χ1v) is 15.1. The van der Waals surface area contributed by atoms with Crippen molar-refractivity contribution in [2.24, 2.45) is 0 Å². The van der Waals surface area contributed by atoms with Crippen molar-refractivity contribution in [3.05, 3.63) is 30.3 Å². The monoisotopic (exact) mass is 424 g/mol. The van der Waals surface area contributed by atoms with Gasteiger partial charge in [-0.1, -0.05) is 0 Å². The molecule has 2 nitrogen and oxygen atoms in total. The third-order valence-electron chi connectivity index (χ3n) is 6.32. The van der Waals surface area contributed by atoms with Crippen LogP contribution in [-0.2, 0) is 0 Å². The Kier molecular flexibility index (Phi) is 14.1. The summed E-state index contributed by atoms with van der Waals surface area (Å²) in [4.78, 5) is 23.2. The van der Waals surface area contributed by atoms with Crippen LogP contribution >= 0.6 is 7.06 Å². The summed E-state index contributed by atoms with van der Waals surface area (Å²) in [5.41, 5.74) is 0. The molecule has 0 saturated heterocycles. The SMILES string of the molecule is CCCCCCCCCCP(O)(O)(CCCCCCCCCC)c1ccccc1. The van der Waals surface area contributed by atoms with Crippen LogP contribution in [0.4, 0.5) is 0 Å². The summed E-state index contributed by atoms with van der Waals surface area (Å²) in [6.07, 6.45) is 20.9. The van der Waals surface area contributed by atoms with Gasteiger partial charge in [-0.15, -0.1) is 0 Å². The minimum absolute atomic E-state index is 0.571. The fraction of sp³-hybridized carbons (Fsp3) is 0.769. The van der Waals surface area contributed by atoms with E-state index in [9.17, 15) is 9.79 Å². The Morgan fingerprint density at radius 1 is 0.517 bits per heavy atom. The van der Waals surface area contributed by atoms with Crippen LogP contribution in [0.2, 0.25) is 0 Å². The fourth-order valence-corrected chi connectivity index (χ4v) is 7.67. The molecule has 1 aromatic rings. The van der Waals surface area contributed by atoms with E-state index in [1.54, 1.807) is 0 Å². The third-order valence-corrected chi connectivity index (χ3v) is 10.3. The number of benzene rings is 1. The van der Waals surface area contributed by atoms with Gasteiger partial charge in [0.15, 0.2) is 0 Å². The second-order valence-corrected chi connectivity index (χ2v) is 13.3. The summed E-state index contributed by atoms with van der Waals surface area (Å²) < 4.78 is 0. The molecule has 2 N–H and O–H groups in total. The summed E-state index contributed by atoms with van der Waals surface area (Å²) in [6, 6.07) is 9.74. The zero-order chi connectivity index (χ0) is 21.3. The minimum atomic E-state index is -3.78. The van der Waals surface area contributed by atoms with Crippen LogP contribution in [0, 0.1) is 0 Å². The van der Waals surface area contributed by atoms with E-state index in [4.69, 9.17) is 0 Å². The summed E-state index contributed by atoms with van der Waals surface area (Å²) >= 11 is 0. The van der Waals surface area contributed by atoms with Gasteiger partial charge in [0, 0.05) is 0 Å². The molecule has 0 atom stereocenters. The normalized spacial score (nSPS) is 13.3. The van der Waals surface area contributed by atoms with E-state index in [0.29, 0.717) is 12.3 Å². The molecule has 0 heterocycles. The van der Waals surface area contributed by atoms with Gasteiger partial charge in [0.1, 0.15) is 0 Å². The number of rotatable bonds is 19. The van der Waals surface area contributed by atoms with Crippen molar-refractivity contribution in [3.8, 4) is 0 Å². The number of hydrogen-bond acceptors (Lipinski definition) is 2. The molecule has 0 bridgehead atoms. The van der Waals surface area contributed by atoms with Gasteiger partial charge in [0.05, 0.1) is 0 Å². The molecule has 0 fully saturated rings. The van der Waals surface area contributed by atoms with Crippen LogP contribution in [0.25, 0.3) is 0 Å². The first kappa shape index (κ1) is 26.6. The standard InChI is InChI=1S/C26H49O2P/c1-3-5-7-9-11-13-15-20-24-29(27,28,26-22-18-17-19-23-26)25-21-16-14-12-10-8-6-4-2/h17-19,22-23,27-28H,3-16,20-21,24-25H2,1-2H3. The van der Waals surface area contributed by atoms with Crippen molar-refractivity contribution in [3.63, 3.8) is 0 Å². The summed E-state index contributed by atoms with van der Waals surface area (Å²) in [5, 5.41) is 0.796. The van der Waals surface area contributed by atoms with Crippen LogP contribution < -0.4 is 5.30 Å². The Bertz CT molecular complexity index is 477. The molecule has 170 valence electrons. The quantitative estimate of drug-likeness (QED) is 0.175. The molecule has 0 unspecified atom stereocenters. The first-order chi connectivity index (χ1) is 14.0. The Morgan fingerprint density at radius 3 is 1.24 bits per heavy atom. The van der Waals surface area contributed by atoms with Gasteiger partial charge in [-0.3, -0.25) is 0 Å². The van der Waals surface area contributed by atoms with Crippen LogP contribution in [0.3, 0.4) is 0 Å².